The van der Waals surface area contributed by atoms with E-state index in [1.807, 2.05) is 32.9 Å². The molecule has 0 aliphatic carbocycles. The SMILES string of the molecule is Cc1ccc(N)c(NC(=O)OCC(C)C)c1. The first kappa shape index (κ1) is 12.4. The Morgan fingerprint density at radius 2 is 2.19 bits per heavy atom. The van der Waals surface area contributed by atoms with Crippen LogP contribution in [0.3, 0.4) is 0 Å². The van der Waals surface area contributed by atoms with Crippen molar-refractivity contribution in [1.82, 2.24) is 0 Å². The molecule has 1 aromatic rings. The van der Waals surface area contributed by atoms with Crippen molar-refractivity contribution in [3.8, 4) is 0 Å². The van der Waals surface area contributed by atoms with E-state index in [0.717, 1.165) is 5.56 Å². The van der Waals surface area contributed by atoms with Crippen LogP contribution in [-0.2, 0) is 4.74 Å². The minimum absolute atomic E-state index is 0.320. The molecule has 0 spiro atoms. The molecular formula is C12H18N2O2. The van der Waals surface area contributed by atoms with Crippen LogP contribution in [0.5, 0.6) is 0 Å². The second kappa shape index (κ2) is 5.39. The summed E-state index contributed by atoms with van der Waals surface area (Å²) in [7, 11) is 0. The van der Waals surface area contributed by atoms with Gasteiger partial charge in [-0.1, -0.05) is 19.9 Å². The molecule has 0 aliphatic heterocycles. The van der Waals surface area contributed by atoms with Gasteiger partial charge in [-0.15, -0.1) is 0 Å². The Balaban J connectivity index is 2.59. The Morgan fingerprint density at radius 3 is 2.81 bits per heavy atom. The molecule has 4 nitrogen and oxygen atoms in total. The smallest absolute Gasteiger partial charge is 0.411 e. The molecule has 0 fully saturated rings. The third kappa shape index (κ3) is 3.81. The number of rotatable bonds is 3. The Kier molecular flexibility index (Phi) is 4.17. The van der Waals surface area contributed by atoms with E-state index in [4.69, 9.17) is 10.5 Å². The lowest BCUT2D eigenvalue weighted by Crippen LogP contribution is -2.17. The number of benzene rings is 1. The maximum Gasteiger partial charge on any atom is 0.411 e. The Hall–Kier alpha value is -1.71. The zero-order valence-electron chi connectivity index (χ0n) is 9.91. The lowest BCUT2D eigenvalue weighted by Gasteiger charge is -2.10. The topological polar surface area (TPSA) is 64.3 Å². The largest absolute Gasteiger partial charge is 0.449 e. The summed E-state index contributed by atoms with van der Waals surface area (Å²) in [5.41, 5.74) is 7.88. The second-order valence-corrected chi connectivity index (χ2v) is 4.21. The Morgan fingerprint density at radius 1 is 1.50 bits per heavy atom. The van der Waals surface area contributed by atoms with Crippen LogP contribution >= 0.6 is 0 Å². The molecule has 4 heteroatoms. The first-order valence-electron chi connectivity index (χ1n) is 5.29. The number of hydrogen-bond acceptors (Lipinski definition) is 3. The number of carbonyl (C=O) groups is 1. The van der Waals surface area contributed by atoms with E-state index in [1.54, 1.807) is 6.07 Å². The molecule has 1 amide bonds. The van der Waals surface area contributed by atoms with Crippen molar-refractivity contribution < 1.29 is 9.53 Å². The maximum absolute atomic E-state index is 11.4. The molecule has 0 saturated heterocycles. The molecule has 1 aromatic carbocycles. The van der Waals surface area contributed by atoms with E-state index in [0.29, 0.717) is 23.9 Å². The van der Waals surface area contributed by atoms with E-state index in [9.17, 15) is 4.79 Å². The number of amides is 1. The van der Waals surface area contributed by atoms with Crippen molar-refractivity contribution in [3.63, 3.8) is 0 Å². The van der Waals surface area contributed by atoms with Crippen LogP contribution in [-0.4, -0.2) is 12.7 Å². The number of nitrogens with two attached hydrogens (primary N) is 1. The normalized spacial score (nSPS) is 10.2. The number of carbonyl (C=O) groups excluding carboxylic acids is 1. The minimum atomic E-state index is -0.467. The van der Waals surface area contributed by atoms with Gasteiger partial charge in [0.25, 0.3) is 0 Å². The van der Waals surface area contributed by atoms with Crippen molar-refractivity contribution in [3.05, 3.63) is 23.8 Å². The van der Waals surface area contributed by atoms with Gasteiger partial charge < -0.3 is 10.5 Å². The van der Waals surface area contributed by atoms with Gasteiger partial charge in [-0.25, -0.2) is 4.79 Å². The molecule has 0 radical (unpaired) electrons. The predicted octanol–water partition coefficient (Wildman–Crippen LogP) is 2.78. The fourth-order valence-electron chi connectivity index (χ4n) is 1.17. The summed E-state index contributed by atoms with van der Waals surface area (Å²) < 4.78 is 5.00. The van der Waals surface area contributed by atoms with Gasteiger partial charge in [0.2, 0.25) is 0 Å². The van der Waals surface area contributed by atoms with E-state index in [2.05, 4.69) is 5.32 Å². The highest BCUT2D eigenvalue weighted by molar-refractivity contribution is 5.89. The highest BCUT2D eigenvalue weighted by atomic mass is 16.5. The van der Waals surface area contributed by atoms with Crippen LogP contribution < -0.4 is 11.1 Å². The fourth-order valence-corrected chi connectivity index (χ4v) is 1.17. The fraction of sp³-hybridized carbons (Fsp3) is 0.417. The molecule has 16 heavy (non-hydrogen) atoms. The van der Waals surface area contributed by atoms with Crippen molar-refractivity contribution in [1.29, 1.82) is 0 Å². The van der Waals surface area contributed by atoms with Crippen LogP contribution in [0.1, 0.15) is 19.4 Å². The average molecular weight is 222 g/mol. The van der Waals surface area contributed by atoms with E-state index >= 15 is 0 Å². The monoisotopic (exact) mass is 222 g/mol. The third-order valence-corrected chi connectivity index (χ3v) is 1.99. The van der Waals surface area contributed by atoms with Crippen molar-refractivity contribution >= 4 is 17.5 Å². The molecule has 88 valence electrons. The Bertz CT molecular complexity index is 375. The summed E-state index contributed by atoms with van der Waals surface area (Å²) in [6, 6.07) is 5.46. The van der Waals surface area contributed by atoms with Gasteiger partial charge >= 0.3 is 6.09 Å². The molecule has 0 atom stereocenters. The number of ether oxygens (including phenoxy) is 1. The van der Waals surface area contributed by atoms with Gasteiger partial charge in [0.15, 0.2) is 0 Å². The van der Waals surface area contributed by atoms with Crippen LogP contribution in [0.2, 0.25) is 0 Å². The van der Waals surface area contributed by atoms with Gasteiger partial charge in [0, 0.05) is 0 Å². The average Bonchev–Trinajstić information content (AvgIpc) is 2.20. The van der Waals surface area contributed by atoms with Crippen molar-refractivity contribution in [2.75, 3.05) is 17.7 Å². The lowest BCUT2D eigenvalue weighted by atomic mass is 10.2. The van der Waals surface area contributed by atoms with Gasteiger partial charge in [-0.3, -0.25) is 5.32 Å². The number of nitrogens with one attached hydrogen (secondary N) is 1. The predicted molar refractivity (Wildman–Crippen MR) is 65.4 cm³/mol. The first-order valence-corrected chi connectivity index (χ1v) is 5.29. The quantitative estimate of drug-likeness (QED) is 0.773. The molecule has 3 N–H and O–H groups in total. The summed E-state index contributed by atoms with van der Waals surface area (Å²) in [6.07, 6.45) is -0.467. The highest BCUT2D eigenvalue weighted by Crippen LogP contribution is 2.19. The van der Waals surface area contributed by atoms with Crippen LogP contribution in [0.4, 0.5) is 16.2 Å². The van der Waals surface area contributed by atoms with Gasteiger partial charge in [-0.2, -0.15) is 0 Å². The molecule has 0 aromatic heterocycles. The summed E-state index contributed by atoms with van der Waals surface area (Å²) in [5.74, 6) is 0.320. The van der Waals surface area contributed by atoms with E-state index in [1.165, 1.54) is 0 Å². The molecule has 1 rings (SSSR count). The van der Waals surface area contributed by atoms with E-state index in [-0.39, 0.29) is 0 Å². The van der Waals surface area contributed by atoms with Crippen molar-refractivity contribution in [2.45, 2.75) is 20.8 Å². The van der Waals surface area contributed by atoms with Gasteiger partial charge in [-0.05, 0) is 30.5 Å². The molecule has 0 unspecified atom stereocenters. The van der Waals surface area contributed by atoms with Crippen LogP contribution in [0.25, 0.3) is 0 Å². The third-order valence-electron chi connectivity index (χ3n) is 1.99. The number of hydrogen-bond donors (Lipinski definition) is 2. The molecule has 0 saturated carbocycles. The number of aryl methyl sites for hydroxylation is 1. The summed E-state index contributed by atoms with van der Waals surface area (Å²) in [5, 5.41) is 2.62. The zero-order chi connectivity index (χ0) is 12.1. The first-order chi connectivity index (χ1) is 7.49. The van der Waals surface area contributed by atoms with Crippen molar-refractivity contribution in [2.24, 2.45) is 5.92 Å². The maximum atomic E-state index is 11.4. The summed E-state index contributed by atoms with van der Waals surface area (Å²) in [6.45, 7) is 6.30. The van der Waals surface area contributed by atoms with Gasteiger partial charge in [0.1, 0.15) is 0 Å². The van der Waals surface area contributed by atoms with E-state index < -0.39 is 6.09 Å². The summed E-state index contributed by atoms with van der Waals surface area (Å²) in [4.78, 5) is 11.4. The highest BCUT2D eigenvalue weighted by Gasteiger charge is 2.06. The minimum Gasteiger partial charge on any atom is -0.449 e. The van der Waals surface area contributed by atoms with Crippen LogP contribution in [0, 0.1) is 12.8 Å². The Labute approximate surface area is 95.8 Å². The number of nitrogen functional groups attached to an aromatic ring is 1. The van der Waals surface area contributed by atoms with Crippen LogP contribution in [0.15, 0.2) is 18.2 Å². The molecule has 0 aliphatic rings. The molecule has 0 bridgehead atoms. The molecular weight excluding hydrogens is 204 g/mol. The van der Waals surface area contributed by atoms with Gasteiger partial charge in [0.05, 0.1) is 18.0 Å². The molecule has 0 heterocycles. The standard InChI is InChI=1S/C12H18N2O2/c1-8(2)7-16-12(15)14-11-6-9(3)4-5-10(11)13/h4-6,8H,7,13H2,1-3H3,(H,14,15). The zero-order valence-corrected chi connectivity index (χ0v) is 9.91. The second-order valence-electron chi connectivity index (χ2n) is 4.21. The summed E-state index contributed by atoms with van der Waals surface area (Å²) >= 11 is 0. The lowest BCUT2D eigenvalue weighted by molar-refractivity contribution is 0.147. The number of anilines is 2.